The second-order valence-corrected chi connectivity index (χ2v) is 8.37. The van der Waals surface area contributed by atoms with E-state index in [0.29, 0.717) is 16.7 Å². The smallest absolute Gasteiger partial charge is 0.234 e. The number of rotatable bonds is 7. The first-order valence-corrected chi connectivity index (χ1v) is 10.5. The Morgan fingerprint density at radius 2 is 2.22 bits per heavy atom. The molecule has 0 aliphatic carbocycles. The molecule has 0 unspecified atom stereocenters. The summed E-state index contributed by atoms with van der Waals surface area (Å²) in [6.07, 6.45) is 1.80. The van der Waals surface area contributed by atoms with Crippen LogP contribution in [0.2, 0.25) is 5.02 Å². The van der Waals surface area contributed by atoms with Crippen LogP contribution in [0.15, 0.2) is 47.5 Å². The van der Waals surface area contributed by atoms with Gasteiger partial charge in [0.25, 0.3) is 0 Å². The van der Waals surface area contributed by atoms with Crippen LogP contribution in [0, 0.1) is 13.8 Å². The minimum absolute atomic E-state index is 0.119. The number of aryl methyl sites for hydroxylation is 1. The second kappa shape index (κ2) is 8.73. The molecule has 0 radical (unpaired) electrons. The molecule has 1 aromatic carbocycles. The summed E-state index contributed by atoms with van der Waals surface area (Å²) in [6, 6.07) is 7.53. The number of hydrogen-bond acceptors (Lipinski definition) is 5. The summed E-state index contributed by atoms with van der Waals surface area (Å²) in [7, 11) is 0. The Hall–Kier alpha value is -2.09. The molecule has 2 heterocycles. The van der Waals surface area contributed by atoms with Crippen molar-refractivity contribution in [3.05, 3.63) is 57.8 Å². The number of carbonyl (C=O) groups is 1. The van der Waals surface area contributed by atoms with Crippen LogP contribution in [0.5, 0.6) is 0 Å². The molecule has 140 valence electrons. The minimum Gasteiger partial charge on any atom is -0.325 e. The van der Waals surface area contributed by atoms with Crippen molar-refractivity contribution in [3.8, 4) is 11.4 Å². The number of carbonyl (C=O) groups excluding carboxylic acids is 1. The van der Waals surface area contributed by atoms with Gasteiger partial charge < -0.3 is 5.32 Å². The first kappa shape index (κ1) is 19.7. The highest BCUT2D eigenvalue weighted by atomic mass is 35.5. The topological polar surface area (TPSA) is 59.8 Å². The normalized spacial score (nSPS) is 10.8. The Kier molecular flexibility index (Phi) is 6.36. The first-order chi connectivity index (χ1) is 13.0. The highest BCUT2D eigenvalue weighted by Crippen LogP contribution is 2.28. The van der Waals surface area contributed by atoms with Gasteiger partial charge in [-0.3, -0.25) is 9.36 Å². The molecule has 8 heteroatoms. The average Bonchev–Trinajstić information content (AvgIpc) is 3.24. The van der Waals surface area contributed by atoms with Crippen molar-refractivity contribution in [3.63, 3.8) is 0 Å². The van der Waals surface area contributed by atoms with Gasteiger partial charge in [0.1, 0.15) is 0 Å². The quantitative estimate of drug-likeness (QED) is 0.423. The van der Waals surface area contributed by atoms with Gasteiger partial charge in [-0.25, -0.2) is 0 Å². The summed E-state index contributed by atoms with van der Waals surface area (Å²) >= 11 is 9.12. The Balaban J connectivity index is 1.72. The SMILES string of the molecule is C=CCn1c(SCC(=O)Nc2cccc(Cl)c2C)nnc1-c1csc(C)c1. The molecule has 0 spiro atoms. The zero-order valence-electron chi connectivity index (χ0n) is 15.0. The molecule has 0 saturated carbocycles. The van der Waals surface area contributed by atoms with Crippen LogP contribution >= 0.6 is 34.7 Å². The lowest BCUT2D eigenvalue weighted by molar-refractivity contribution is -0.113. The van der Waals surface area contributed by atoms with E-state index >= 15 is 0 Å². The lowest BCUT2D eigenvalue weighted by atomic mass is 10.2. The summed E-state index contributed by atoms with van der Waals surface area (Å²) in [5.41, 5.74) is 2.59. The Bertz CT molecular complexity index is 980. The minimum atomic E-state index is -0.119. The average molecular weight is 419 g/mol. The molecule has 0 atom stereocenters. The zero-order chi connectivity index (χ0) is 19.4. The Morgan fingerprint density at radius 3 is 2.93 bits per heavy atom. The maximum Gasteiger partial charge on any atom is 0.234 e. The monoisotopic (exact) mass is 418 g/mol. The third-order valence-corrected chi connectivity index (χ3v) is 6.13. The third-order valence-electron chi connectivity index (χ3n) is 3.89. The highest BCUT2D eigenvalue weighted by Gasteiger charge is 2.16. The molecule has 27 heavy (non-hydrogen) atoms. The number of anilines is 1. The molecule has 3 rings (SSSR count). The molecule has 0 bridgehead atoms. The van der Waals surface area contributed by atoms with E-state index < -0.39 is 0 Å². The van der Waals surface area contributed by atoms with Crippen LogP contribution in [0.3, 0.4) is 0 Å². The first-order valence-electron chi connectivity index (χ1n) is 8.27. The standard InChI is InChI=1S/C19H19ClN4OS2/c1-4-8-24-18(14-9-12(2)26-10-14)22-23-19(24)27-11-17(25)21-16-7-5-6-15(20)13(16)3/h4-7,9-10H,1,8,11H2,2-3H3,(H,21,25). The Morgan fingerprint density at radius 1 is 1.41 bits per heavy atom. The van der Waals surface area contributed by atoms with Crippen molar-refractivity contribution < 1.29 is 4.79 Å². The summed E-state index contributed by atoms with van der Waals surface area (Å²) in [4.78, 5) is 13.6. The van der Waals surface area contributed by atoms with E-state index in [9.17, 15) is 4.79 Å². The van der Waals surface area contributed by atoms with Crippen molar-refractivity contribution in [2.24, 2.45) is 0 Å². The summed E-state index contributed by atoms with van der Waals surface area (Å²) < 4.78 is 1.97. The van der Waals surface area contributed by atoms with E-state index in [-0.39, 0.29) is 11.7 Å². The molecule has 1 N–H and O–H groups in total. The largest absolute Gasteiger partial charge is 0.325 e. The van der Waals surface area contributed by atoms with Gasteiger partial charge >= 0.3 is 0 Å². The number of nitrogens with zero attached hydrogens (tertiary/aromatic N) is 3. The van der Waals surface area contributed by atoms with E-state index in [1.54, 1.807) is 23.5 Å². The zero-order valence-corrected chi connectivity index (χ0v) is 17.4. The lowest BCUT2D eigenvalue weighted by Gasteiger charge is -2.10. The van der Waals surface area contributed by atoms with Gasteiger partial charge in [-0.15, -0.1) is 28.1 Å². The van der Waals surface area contributed by atoms with E-state index in [0.717, 1.165) is 22.6 Å². The maximum absolute atomic E-state index is 12.3. The van der Waals surface area contributed by atoms with Gasteiger partial charge in [-0.1, -0.05) is 35.5 Å². The van der Waals surface area contributed by atoms with E-state index in [1.165, 1.54) is 16.6 Å². The number of thioether (sulfide) groups is 1. The fraction of sp³-hybridized carbons (Fsp3) is 0.211. The van der Waals surface area contributed by atoms with Crippen LogP contribution in [-0.4, -0.2) is 26.4 Å². The van der Waals surface area contributed by atoms with Gasteiger partial charge in [-0.05, 0) is 37.6 Å². The van der Waals surface area contributed by atoms with Crippen molar-refractivity contribution in [2.45, 2.75) is 25.5 Å². The molecule has 3 aromatic rings. The van der Waals surface area contributed by atoms with Gasteiger partial charge in [-0.2, -0.15) is 0 Å². The van der Waals surface area contributed by atoms with Gasteiger partial charge in [0, 0.05) is 33.1 Å². The number of aromatic nitrogens is 3. The molecular formula is C19H19ClN4OS2. The van der Waals surface area contributed by atoms with E-state index in [1.807, 2.05) is 23.6 Å². The highest BCUT2D eigenvalue weighted by molar-refractivity contribution is 7.99. The fourth-order valence-electron chi connectivity index (χ4n) is 2.52. The van der Waals surface area contributed by atoms with Crippen molar-refractivity contribution in [1.82, 2.24) is 14.8 Å². The van der Waals surface area contributed by atoms with Crippen LogP contribution in [0.25, 0.3) is 11.4 Å². The molecule has 5 nitrogen and oxygen atoms in total. The van der Waals surface area contributed by atoms with Gasteiger partial charge in [0.15, 0.2) is 11.0 Å². The molecule has 0 saturated heterocycles. The second-order valence-electron chi connectivity index (χ2n) is 5.90. The van der Waals surface area contributed by atoms with Gasteiger partial charge in [0.2, 0.25) is 5.91 Å². The molecular weight excluding hydrogens is 400 g/mol. The van der Waals surface area contributed by atoms with Crippen LogP contribution in [-0.2, 0) is 11.3 Å². The maximum atomic E-state index is 12.3. The number of nitrogens with one attached hydrogen (secondary N) is 1. The van der Waals surface area contributed by atoms with Crippen molar-refractivity contribution in [2.75, 3.05) is 11.1 Å². The van der Waals surface area contributed by atoms with Gasteiger partial charge in [0.05, 0.1) is 5.75 Å². The fourth-order valence-corrected chi connectivity index (χ4v) is 4.13. The van der Waals surface area contributed by atoms with E-state index in [2.05, 4.69) is 40.5 Å². The molecule has 0 aliphatic rings. The number of thiophene rings is 1. The summed E-state index contributed by atoms with van der Waals surface area (Å²) in [6.45, 7) is 8.32. The predicted molar refractivity (Wildman–Crippen MR) is 114 cm³/mol. The lowest BCUT2D eigenvalue weighted by Crippen LogP contribution is -2.15. The van der Waals surface area contributed by atoms with E-state index in [4.69, 9.17) is 11.6 Å². The molecule has 0 fully saturated rings. The Labute approximate surface area is 171 Å². The van der Waals surface area contributed by atoms with Crippen LogP contribution < -0.4 is 5.32 Å². The number of allylic oxidation sites excluding steroid dienone is 1. The van der Waals surface area contributed by atoms with Crippen LogP contribution in [0.4, 0.5) is 5.69 Å². The van der Waals surface area contributed by atoms with Crippen molar-refractivity contribution >= 4 is 46.3 Å². The molecule has 2 aromatic heterocycles. The third kappa shape index (κ3) is 4.61. The number of benzene rings is 1. The molecule has 1 amide bonds. The number of amides is 1. The van der Waals surface area contributed by atoms with Crippen LogP contribution in [0.1, 0.15) is 10.4 Å². The summed E-state index contributed by atoms with van der Waals surface area (Å²) in [5.74, 6) is 0.892. The number of halogens is 1. The van der Waals surface area contributed by atoms with Crippen molar-refractivity contribution in [1.29, 1.82) is 0 Å². The predicted octanol–water partition coefficient (Wildman–Crippen LogP) is 5.19. The number of hydrogen-bond donors (Lipinski definition) is 1. The molecule has 0 aliphatic heterocycles. The summed E-state index contributed by atoms with van der Waals surface area (Å²) in [5, 5.41) is 14.8.